The molecular weight excluding hydrogens is 268 g/mol. The zero-order valence-electron chi connectivity index (χ0n) is 8.63. The lowest BCUT2D eigenvalue weighted by Crippen LogP contribution is -1.86. The van der Waals surface area contributed by atoms with E-state index in [0.717, 1.165) is 21.5 Å². The Kier molecular flexibility index (Phi) is 2.07. The summed E-state index contributed by atoms with van der Waals surface area (Å²) >= 11 is 3.41. The minimum absolute atomic E-state index is 0.845. The Balaban J connectivity index is 2.15. The van der Waals surface area contributed by atoms with Gasteiger partial charge in [0.15, 0.2) is 0 Å². The van der Waals surface area contributed by atoms with E-state index in [-0.39, 0.29) is 0 Å². The smallest absolute Gasteiger partial charge is 0.232 e. The van der Waals surface area contributed by atoms with Crippen LogP contribution < -0.4 is 0 Å². The third-order valence-corrected chi connectivity index (χ3v) is 3.00. The van der Waals surface area contributed by atoms with E-state index in [9.17, 15) is 0 Å². The van der Waals surface area contributed by atoms with Gasteiger partial charge in [-0.05, 0) is 12.1 Å². The molecule has 0 atom stereocenters. The standard InChI is InChI=1S/C11H9BrN4/c1-15-7-13-16-6-10(14-11(15)16)8-2-4-9(12)5-3-8/h2-7H,1H3. The summed E-state index contributed by atoms with van der Waals surface area (Å²) in [5.74, 6) is 0.845. The molecule has 2 aromatic heterocycles. The predicted molar refractivity (Wildman–Crippen MR) is 65.1 cm³/mol. The van der Waals surface area contributed by atoms with Crippen molar-refractivity contribution in [2.24, 2.45) is 7.05 Å². The van der Waals surface area contributed by atoms with E-state index in [2.05, 4.69) is 26.0 Å². The zero-order chi connectivity index (χ0) is 11.1. The number of hydrogen-bond acceptors (Lipinski definition) is 2. The van der Waals surface area contributed by atoms with E-state index in [1.807, 2.05) is 42.1 Å². The topological polar surface area (TPSA) is 35.1 Å². The van der Waals surface area contributed by atoms with E-state index in [1.54, 1.807) is 10.8 Å². The number of halogens is 1. The van der Waals surface area contributed by atoms with Crippen molar-refractivity contribution in [3.63, 3.8) is 0 Å². The number of rotatable bonds is 1. The van der Waals surface area contributed by atoms with Crippen molar-refractivity contribution < 1.29 is 0 Å². The van der Waals surface area contributed by atoms with Gasteiger partial charge in [0.2, 0.25) is 5.78 Å². The highest BCUT2D eigenvalue weighted by atomic mass is 79.9. The average Bonchev–Trinajstić information content (AvgIpc) is 2.83. The van der Waals surface area contributed by atoms with Gasteiger partial charge in [0.25, 0.3) is 0 Å². The van der Waals surface area contributed by atoms with Gasteiger partial charge in [-0.3, -0.25) is 0 Å². The second-order valence-corrected chi connectivity index (χ2v) is 4.54. The fourth-order valence-electron chi connectivity index (χ4n) is 1.63. The maximum absolute atomic E-state index is 4.52. The monoisotopic (exact) mass is 276 g/mol. The van der Waals surface area contributed by atoms with Crippen molar-refractivity contribution in [3.05, 3.63) is 41.3 Å². The van der Waals surface area contributed by atoms with Crippen LogP contribution in [0.2, 0.25) is 0 Å². The highest BCUT2D eigenvalue weighted by molar-refractivity contribution is 9.10. The first-order valence-electron chi connectivity index (χ1n) is 4.87. The lowest BCUT2D eigenvalue weighted by atomic mass is 10.2. The molecule has 0 unspecified atom stereocenters. The Hall–Kier alpha value is -1.62. The first-order valence-corrected chi connectivity index (χ1v) is 5.66. The first kappa shape index (κ1) is 9.59. The maximum atomic E-state index is 4.52. The molecule has 0 bridgehead atoms. The molecule has 0 N–H and O–H groups in total. The SMILES string of the molecule is Cn1cnn2cc(-c3ccc(Br)cc3)nc12. The molecule has 16 heavy (non-hydrogen) atoms. The fourth-order valence-corrected chi connectivity index (χ4v) is 1.90. The second kappa shape index (κ2) is 3.45. The predicted octanol–water partition coefficient (Wildman–Crippen LogP) is 2.50. The minimum Gasteiger partial charge on any atom is -0.303 e. The van der Waals surface area contributed by atoms with Gasteiger partial charge in [0.05, 0.1) is 11.9 Å². The number of imidazole rings is 1. The Bertz CT molecular complexity index is 636. The van der Waals surface area contributed by atoms with E-state index in [1.165, 1.54) is 0 Å². The molecule has 0 aliphatic rings. The highest BCUT2D eigenvalue weighted by Gasteiger charge is 2.06. The summed E-state index contributed by atoms with van der Waals surface area (Å²) in [6.45, 7) is 0. The Labute approximate surface area is 101 Å². The van der Waals surface area contributed by atoms with Crippen molar-refractivity contribution in [2.45, 2.75) is 0 Å². The number of nitrogens with zero attached hydrogens (tertiary/aromatic N) is 4. The van der Waals surface area contributed by atoms with Crippen LogP contribution in [-0.4, -0.2) is 19.2 Å². The van der Waals surface area contributed by atoms with Crippen LogP contribution in [0.4, 0.5) is 0 Å². The van der Waals surface area contributed by atoms with Gasteiger partial charge in [-0.1, -0.05) is 28.1 Å². The molecule has 0 aliphatic carbocycles. The van der Waals surface area contributed by atoms with Crippen LogP contribution in [0.15, 0.2) is 41.3 Å². The Morgan fingerprint density at radius 3 is 2.62 bits per heavy atom. The molecule has 4 nitrogen and oxygen atoms in total. The summed E-state index contributed by atoms with van der Waals surface area (Å²) < 4.78 is 4.73. The summed E-state index contributed by atoms with van der Waals surface area (Å²) in [6, 6.07) is 8.08. The molecule has 0 saturated carbocycles. The molecule has 2 heterocycles. The molecule has 0 aliphatic heterocycles. The average molecular weight is 277 g/mol. The van der Waals surface area contributed by atoms with Gasteiger partial charge in [-0.15, -0.1) is 0 Å². The molecule has 0 spiro atoms. The van der Waals surface area contributed by atoms with Gasteiger partial charge >= 0.3 is 0 Å². The van der Waals surface area contributed by atoms with Crippen molar-refractivity contribution in [1.82, 2.24) is 19.2 Å². The number of aromatic nitrogens is 4. The third kappa shape index (κ3) is 1.44. The van der Waals surface area contributed by atoms with E-state index in [0.29, 0.717) is 0 Å². The number of fused-ring (bicyclic) bond motifs is 1. The summed E-state index contributed by atoms with van der Waals surface area (Å²) in [5, 5.41) is 4.19. The zero-order valence-corrected chi connectivity index (χ0v) is 10.2. The van der Waals surface area contributed by atoms with E-state index >= 15 is 0 Å². The molecule has 0 saturated heterocycles. The fraction of sp³-hybridized carbons (Fsp3) is 0.0909. The summed E-state index contributed by atoms with van der Waals surface area (Å²) in [5.41, 5.74) is 2.03. The minimum atomic E-state index is 0.845. The Morgan fingerprint density at radius 2 is 1.94 bits per heavy atom. The number of benzene rings is 1. The molecule has 3 rings (SSSR count). The maximum Gasteiger partial charge on any atom is 0.232 e. The van der Waals surface area contributed by atoms with Crippen molar-refractivity contribution in [2.75, 3.05) is 0 Å². The summed E-state index contributed by atoms with van der Waals surface area (Å²) in [6.07, 6.45) is 3.67. The van der Waals surface area contributed by atoms with Crippen LogP contribution in [-0.2, 0) is 7.05 Å². The van der Waals surface area contributed by atoms with Crippen LogP contribution in [0.5, 0.6) is 0 Å². The molecule has 0 amide bonds. The normalized spacial score (nSPS) is 11.1. The van der Waals surface area contributed by atoms with Gasteiger partial charge in [-0.2, -0.15) is 5.10 Å². The molecule has 1 aromatic carbocycles. The number of hydrogen-bond donors (Lipinski definition) is 0. The lowest BCUT2D eigenvalue weighted by molar-refractivity contribution is 0.931. The van der Waals surface area contributed by atoms with Gasteiger partial charge in [0, 0.05) is 17.1 Å². The van der Waals surface area contributed by atoms with Gasteiger partial charge in [0.1, 0.15) is 6.33 Å². The lowest BCUT2D eigenvalue weighted by Gasteiger charge is -1.95. The van der Waals surface area contributed by atoms with Gasteiger partial charge in [-0.25, -0.2) is 9.50 Å². The third-order valence-electron chi connectivity index (χ3n) is 2.47. The second-order valence-electron chi connectivity index (χ2n) is 3.62. The van der Waals surface area contributed by atoms with Crippen LogP contribution in [0.3, 0.4) is 0 Å². The van der Waals surface area contributed by atoms with Crippen LogP contribution in [0, 0.1) is 0 Å². The highest BCUT2D eigenvalue weighted by Crippen LogP contribution is 2.20. The van der Waals surface area contributed by atoms with Crippen LogP contribution >= 0.6 is 15.9 Å². The summed E-state index contributed by atoms with van der Waals surface area (Å²) in [7, 11) is 1.93. The quantitative estimate of drug-likeness (QED) is 0.685. The molecule has 3 aromatic rings. The van der Waals surface area contributed by atoms with Crippen molar-refractivity contribution in [3.8, 4) is 11.3 Å². The molecule has 0 radical (unpaired) electrons. The van der Waals surface area contributed by atoms with Crippen molar-refractivity contribution >= 4 is 21.7 Å². The molecule has 5 heteroatoms. The molecule has 80 valence electrons. The first-order chi connectivity index (χ1) is 7.74. The largest absolute Gasteiger partial charge is 0.303 e. The molecule has 0 fully saturated rings. The van der Waals surface area contributed by atoms with E-state index in [4.69, 9.17) is 0 Å². The van der Waals surface area contributed by atoms with Crippen LogP contribution in [0.1, 0.15) is 0 Å². The Morgan fingerprint density at radius 1 is 1.19 bits per heavy atom. The van der Waals surface area contributed by atoms with E-state index < -0.39 is 0 Å². The number of aryl methyl sites for hydroxylation is 1. The van der Waals surface area contributed by atoms with Crippen LogP contribution in [0.25, 0.3) is 17.0 Å². The van der Waals surface area contributed by atoms with Gasteiger partial charge < -0.3 is 4.57 Å². The summed E-state index contributed by atoms with van der Waals surface area (Å²) in [4.78, 5) is 4.52. The molecular formula is C11H9BrN4. The van der Waals surface area contributed by atoms with Crippen molar-refractivity contribution in [1.29, 1.82) is 0 Å².